The van der Waals surface area contributed by atoms with E-state index in [4.69, 9.17) is 0 Å². The summed E-state index contributed by atoms with van der Waals surface area (Å²) in [6.07, 6.45) is 0.953. The van der Waals surface area contributed by atoms with Crippen LogP contribution >= 0.6 is 0 Å². The van der Waals surface area contributed by atoms with E-state index in [-0.39, 0.29) is 10.5 Å². The first kappa shape index (κ1) is 9.73. The molecule has 0 bridgehead atoms. The van der Waals surface area contributed by atoms with Crippen molar-refractivity contribution in [1.82, 2.24) is 0 Å². The Morgan fingerprint density at radius 1 is 1.23 bits per heavy atom. The Hall–Kier alpha value is -1.36. The summed E-state index contributed by atoms with van der Waals surface area (Å²) in [6.45, 7) is 0. The van der Waals surface area contributed by atoms with Gasteiger partial charge in [-0.15, -0.1) is 0 Å². The molecule has 0 unspecified atom stereocenters. The third-order valence-electron chi connectivity index (χ3n) is 1.51. The van der Waals surface area contributed by atoms with Crippen molar-refractivity contribution >= 4 is 15.8 Å². The second-order valence-electron chi connectivity index (χ2n) is 2.56. The fourth-order valence-corrected chi connectivity index (χ4v) is 1.84. The van der Waals surface area contributed by atoms with Crippen LogP contribution in [-0.4, -0.2) is 20.6 Å². The van der Waals surface area contributed by atoms with Crippen LogP contribution < -0.4 is 0 Å². The van der Waals surface area contributed by atoms with Gasteiger partial charge in [0.2, 0.25) is 0 Å². The Kier molecular flexibility index (Phi) is 2.38. The van der Waals surface area contributed by atoms with E-state index in [2.05, 4.69) is 0 Å². The molecule has 1 aromatic carbocycles. The zero-order valence-electron chi connectivity index (χ0n) is 6.85. The fourth-order valence-electron chi connectivity index (χ4n) is 0.959. The predicted molar refractivity (Wildman–Crippen MR) is 44.6 cm³/mol. The average Bonchev–Trinajstić information content (AvgIpc) is 2.03. The van der Waals surface area contributed by atoms with Crippen molar-refractivity contribution in [3.05, 3.63) is 29.8 Å². The molecule has 0 atom stereocenters. The lowest BCUT2D eigenvalue weighted by molar-refractivity contribution is 0.0568. The quantitative estimate of drug-likeness (QED) is 0.702. The number of hydrogen-bond donors (Lipinski definition) is 0. The van der Waals surface area contributed by atoms with Crippen molar-refractivity contribution in [3.8, 4) is 0 Å². The highest BCUT2D eigenvalue weighted by Gasteiger charge is 2.17. The summed E-state index contributed by atoms with van der Waals surface area (Å²) in [6, 6.07) is 5.34. The van der Waals surface area contributed by atoms with Crippen LogP contribution in [0.5, 0.6) is 0 Å². The molecule has 0 aliphatic heterocycles. The first-order valence-corrected chi connectivity index (χ1v) is 5.32. The molecule has 0 spiro atoms. The molecule has 0 amide bonds. The molecule has 4 nitrogen and oxygen atoms in total. The second kappa shape index (κ2) is 3.18. The van der Waals surface area contributed by atoms with E-state index in [0.717, 1.165) is 6.26 Å². The topological polar surface area (TPSA) is 71.1 Å². The van der Waals surface area contributed by atoms with E-state index in [0.29, 0.717) is 0 Å². The van der Waals surface area contributed by atoms with Crippen molar-refractivity contribution in [2.24, 2.45) is 0 Å². The summed E-state index contributed by atoms with van der Waals surface area (Å²) < 4.78 is 22.1. The Bertz CT molecular complexity index is 433. The van der Waals surface area contributed by atoms with Crippen LogP contribution in [0.15, 0.2) is 29.2 Å². The number of sulfone groups is 1. The minimum atomic E-state index is -3.50. The number of rotatable bonds is 2. The molecule has 1 radical (unpaired) electrons. The molecule has 5 heteroatoms. The SMILES string of the molecule is CS(=O)(=O)c1ccccc1C([O])=O. The van der Waals surface area contributed by atoms with Crippen LogP contribution in [0.25, 0.3) is 0 Å². The number of hydrogen-bond acceptors (Lipinski definition) is 3. The van der Waals surface area contributed by atoms with E-state index >= 15 is 0 Å². The molecule has 0 N–H and O–H groups in total. The molecule has 69 valence electrons. The van der Waals surface area contributed by atoms with Gasteiger partial charge in [-0.1, -0.05) is 12.1 Å². The lowest BCUT2D eigenvalue weighted by atomic mass is 10.2. The molecule has 0 saturated carbocycles. The average molecular weight is 199 g/mol. The van der Waals surface area contributed by atoms with Crippen LogP contribution in [0.4, 0.5) is 0 Å². The predicted octanol–water partition coefficient (Wildman–Crippen LogP) is 0.661. The number of benzene rings is 1. The molecule has 1 rings (SSSR count). The van der Waals surface area contributed by atoms with Gasteiger partial charge in [0.1, 0.15) is 0 Å². The molecule has 0 aromatic heterocycles. The van der Waals surface area contributed by atoms with Crippen LogP contribution in [0.2, 0.25) is 0 Å². The summed E-state index contributed by atoms with van der Waals surface area (Å²) in [5, 5.41) is 10.5. The minimum absolute atomic E-state index is 0.213. The summed E-state index contributed by atoms with van der Waals surface area (Å²) in [4.78, 5) is 10.3. The van der Waals surface area contributed by atoms with Gasteiger partial charge in [-0.05, 0) is 12.1 Å². The zero-order chi connectivity index (χ0) is 10.1. The summed E-state index contributed by atoms with van der Waals surface area (Å²) >= 11 is 0. The molecule has 1 aromatic rings. The van der Waals surface area contributed by atoms with E-state index in [9.17, 15) is 18.3 Å². The van der Waals surface area contributed by atoms with Gasteiger partial charge < -0.3 is 0 Å². The Labute approximate surface area is 75.7 Å². The molecule has 13 heavy (non-hydrogen) atoms. The maximum atomic E-state index is 11.1. The van der Waals surface area contributed by atoms with Crippen LogP contribution in [0.3, 0.4) is 0 Å². The largest absolute Gasteiger partial charge is 0.387 e. The standard InChI is InChI=1S/C8H7O4S/c1-13(11,12)7-5-3-2-4-6(7)8(9)10/h2-5H,1H3. The molecule has 0 saturated heterocycles. The first-order chi connectivity index (χ1) is 5.93. The lowest BCUT2D eigenvalue weighted by Crippen LogP contribution is -2.06. The van der Waals surface area contributed by atoms with Crippen LogP contribution in [0, 0.1) is 0 Å². The second-order valence-corrected chi connectivity index (χ2v) is 4.54. The van der Waals surface area contributed by atoms with Gasteiger partial charge in [0.15, 0.2) is 9.84 Å². The van der Waals surface area contributed by atoms with E-state index in [1.807, 2.05) is 0 Å². The lowest BCUT2D eigenvalue weighted by Gasteiger charge is -2.00. The fraction of sp³-hybridized carbons (Fsp3) is 0.125. The molecule has 0 heterocycles. The normalized spacial score (nSPS) is 11.2. The van der Waals surface area contributed by atoms with Crippen molar-refractivity contribution < 1.29 is 18.3 Å². The van der Waals surface area contributed by atoms with Gasteiger partial charge in [-0.3, -0.25) is 0 Å². The van der Waals surface area contributed by atoms with E-state index in [1.54, 1.807) is 0 Å². The highest BCUT2D eigenvalue weighted by atomic mass is 32.2. The first-order valence-electron chi connectivity index (χ1n) is 3.43. The smallest absolute Gasteiger partial charge is 0.241 e. The molecule has 0 fully saturated rings. The monoisotopic (exact) mass is 199 g/mol. The van der Waals surface area contributed by atoms with Crippen LogP contribution in [-0.2, 0) is 14.9 Å². The van der Waals surface area contributed by atoms with Crippen molar-refractivity contribution in [1.29, 1.82) is 0 Å². The van der Waals surface area contributed by atoms with Gasteiger partial charge in [0.25, 0.3) is 0 Å². The third-order valence-corrected chi connectivity index (χ3v) is 2.66. The van der Waals surface area contributed by atoms with E-state index in [1.165, 1.54) is 24.3 Å². The molecule has 0 aliphatic carbocycles. The van der Waals surface area contributed by atoms with E-state index < -0.39 is 15.8 Å². The summed E-state index contributed by atoms with van der Waals surface area (Å²) in [5.41, 5.74) is -0.301. The Balaban J connectivity index is 3.46. The Morgan fingerprint density at radius 2 is 1.77 bits per heavy atom. The summed E-state index contributed by atoms with van der Waals surface area (Å²) in [7, 11) is -3.50. The number of carbonyl (C=O) groups excluding carboxylic acids is 1. The highest BCUT2D eigenvalue weighted by Crippen LogP contribution is 2.14. The van der Waals surface area contributed by atoms with Crippen molar-refractivity contribution in [2.75, 3.05) is 6.26 Å². The van der Waals surface area contributed by atoms with Gasteiger partial charge >= 0.3 is 5.97 Å². The van der Waals surface area contributed by atoms with Gasteiger partial charge in [-0.2, -0.15) is 0 Å². The number of carbonyl (C=O) groups is 1. The van der Waals surface area contributed by atoms with Gasteiger partial charge in [-0.25, -0.2) is 18.3 Å². The Morgan fingerprint density at radius 3 is 2.15 bits per heavy atom. The highest BCUT2D eigenvalue weighted by molar-refractivity contribution is 7.90. The third kappa shape index (κ3) is 2.06. The minimum Gasteiger partial charge on any atom is -0.241 e. The maximum absolute atomic E-state index is 11.1. The van der Waals surface area contributed by atoms with Crippen molar-refractivity contribution in [2.45, 2.75) is 4.90 Å². The maximum Gasteiger partial charge on any atom is 0.387 e. The van der Waals surface area contributed by atoms with Gasteiger partial charge in [0.05, 0.1) is 10.5 Å². The van der Waals surface area contributed by atoms with Crippen molar-refractivity contribution in [3.63, 3.8) is 0 Å². The molecule has 0 aliphatic rings. The molecular weight excluding hydrogens is 192 g/mol. The van der Waals surface area contributed by atoms with Gasteiger partial charge in [0, 0.05) is 6.26 Å². The molecular formula is C8H7O4S. The summed E-state index contributed by atoms with van der Waals surface area (Å²) in [5.74, 6) is -1.49. The zero-order valence-corrected chi connectivity index (χ0v) is 7.67. The van der Waals surface area contributed by atoms with Crippen LogP contribution in [0.1, 0.15) is 10.4 Å².